The molecule has 0 radical (unpaired) electrons. The lowest BCUT2D eigenvalue weighted by Crippen LogP contribution is -2.20. The fourth-order valence-electron chi connectivity index (χ4n) is 2.38. The maximum atomic E-state index is 12.1. The van der Waals surface area contributed by atoms with E-state index in [9.17, 15) is 4.79 Å². The number of methoxy groups -OCH3 is 1. The van der Waals surface area contributed by atoms with Crippen LogP contribution in [0.5, 0.6) is 11.5 Å². The summed E-state index contributed by atoms with van der Waals surface area (Å²) in [6.45, 7) is -0.184. The van der Waals surface area contributed by atoms with Gasteiger partial charge < -0.3 is 14.8 Å². The highest BCUT2D eigenvalue weighted by Crippen LogP contribution is 2.28. The number of nitrogens with one attached hydrogen (secondary N) is 2. The average Bonchev–Trinajstić information content (AvgIpc) is 2.75. The SMILES string of the molecule is COc1cc(/C=N\Nc2ccccn2)ccc1OCC(=O)Nc1ccccc1Cl. The van der Waals surface area contributed by atoms with Crippen LogP contribution in [0.15, 0.2) is 72.0 Å². The predicted molar refractivity (Wildman–Crippen MR) is 114 cm³/mol. The molecular weight excluding hydrogens is 392 g/mol. The van der Waals surface area contributed by atoms with Crippen molar-refractivity contribution < 1.29 is 14.3 Å². The highest BCUT2D eigenvalue weighted by atomic mass is 35.5. The van der Waals surface area contributed by atoms with E-state index in [1.165, 1.54) is 7.11 Å². The van der Waals surface area contributed by atoms with Gasteiger partial charge in [0, 0.05) is 6.20 Å². The molecule has 1 amide bonds. The van der Waals surface area contributed by atoms with Gasteiger partial charge in [0.15, 0.2) is 18.1 Å². The third kappa shape index (κ3) is 5.95. The van der Waals surface area contributed by atoms with E-state index in [0.29, 0.717) is 28.0 Å². The number of pyridine rings is 1. The van der Waals surface area contributed by atoms with Gasteiger partial charge in [-0.25, -0.2) is 4.98 Å². The molecule has 2 aromatic carbocycles. The van der Waals surface area contributed by atoms with Gasteiger partial charge in [0.05, 0.1) is 24.0 Å². The zero-order chi connectivity index (χ0) is 20.5. The van der Waals surface area contributed by atoms with Gasteiger partial charge >= 0.3 is 0 Å². The zero-order valence-corrected chi connectivity index (χ0v) is 16.4. The summed E-state index contributed by atoms with van der Waals surface area (Å²) < 4.78 is 10.9. The van der Waals surface area contributed by atoms with Crippen molar-refractivity contribution in [1.82, 2.24) is 4.98 Å². The topological polar surface area (TPSA) is 84.8 Å². The number of amides is 1. The van der Waals surface area contributed by atoms with E-state index < -0.39 is 0 Å². The molecule has 0 unspecified atom stereocenters. The monoisotopic (exact) mass is 410 g/mol. The summed E-state index contributed by atoms with van der Waals surface area (Å²) in [6.07, 6.45) is 3.31. The molecular formula is C21H19ClN4O3. The number of aromatic nitrogens is 1. The number of hydrazone groups is 1. The van der Waals surface area contributed by atoms with Crippen molar-refractivity contribution >= 4 is 35.2 Å². The number of para-hydroxylation sites is 1. The van der Waals surface area contributed by atoms with Crippen molar-refractivity contribution in [2.75, 3.05) is 24.5 Å². The van der Waals surface area contributed by atoms with Gasteiger partial charge in [-0.05, 0) is 48.0 Å². The van der Waals surface area contributed by atoms with Crippen LogP contribution in [0.1, 0.15) is 5.56 Å². The minimum Gasteiger partial charge on any atom is -0.493 e. The second-order valence-corrected chi connectivity index (χ2v) is 6.22. The number of carbonyl (C=O) groups excluding carboxylic acids is 1. The van der Waals surface area contributed by atoms with Crippen molar-refractivity contribution in [1.29, 1.82) is 0 Å². The van der Waals surface area contributed by atoms with Crippen LogP contribution in [0.2, 0.25) is 5.02 Å². The molecule has 1 aromatic heterocycles. The number of ether oxygens (including phenoxy) is 2. The highest BCUT2D eigenvalue weighted by Gasteiger charge is 2.10. The number of anilines is 2. The van der Waals surface area contributed by atoms with E-state index in [0.717, 1.165) is 5.56 Å². The molecule has 0 spiro atoms. The zero-order valence-electron chi connectivity index (χ0n) is 15.6. The number of halogens is 1. The van der Waals surface area contributed by atoms with Gasteiger partial charge in [0.1, 0.15) is 5.82 Å². The molecule has 2 N–H and O–H groups in total. The quantitative estimate of drug-likeness (QED) is 0.429. The number of hydrogen-bond donors (Lipinski definition) is 2. The minimum absolute atomic E-state index is 0.184. The van der Waals surface area contributed by atoms with Crippen molar-refractivity contribution in [3.05, 3.63) is 77.4 Å². The normalized spacial score (nSPS) is 10.6. The Bertz CT molecular complexity index is 996. The Hall–Kier alpha value is -3.58. The minimum atomic E-state index is -0.328. The average molecular weight is 411 g/mol. The third-order valence-corrected chi connectivity index (χ3v) is 4.08. The van der Waals surface area contributed by atoms with Crippen molar-refractivity contribution in [2.45, 2.75) is 0 Å². The summed E-state index contributed by atoms with van der Waals surface area (Å²) in [5, 5.41) is 7.30. The van der Waals surface area contributed by atoms with Crippen molar-refractivity contribution in [2.24, 2.45) is 5.10 Å². The number of nitrogens with zero attached hydrogens (tertiary/aromatic N) is 2. The number of benzene rings is 2. The van der Waals surface area contributed by atoms with E-state index in [2.05, 4.69) is 20.8 Å². The lowest BCUT2D eigenvalue weighted by Gasteiger charge is -2.12. The van der Waals surface area contributed by atoms with Gasteiger partial charge in [0.2, 0.25) is 0 Å². The molecule has 0 aliphatic carbocycles. The highest BCUT2D eigenvalue weighted by molar-refractivity contribution is 6.33. The molecule has 7 nitrogen and oxygen atoms in total. The van der Waals surface area contributed by atoms with Crippen molar-refractivity contribution in [3.8, 4) is 11.5 Å². The largest absolute Gasteiger partial charge is 0.493 e. The first kappa shape index (κ1) is 20.2. The maximum absolute atomic E-state index is 12.1. The Morgan fingerprint density at radius 2 is 1.97 bits per heavy atom. The van der Waals surface area contributed by atoms with Gasteiger partial charge in [-0.2, -0.15) is 5.10 Å². The molecule has 0 bridgehead atoms. The second kappa shape index (κ2) is 10.1. The van der Waals surface area contributed by atoms with E-state index >= 15 is 0 Å². The summed E-state index contributed by atoms with van der Waals surface area (Å²) in [5.41, 5.74) is 4.15. The first-order valence-corrected chi connectivity index (χ1v) is 9.09. The first-order valence-electron chi connectivity index (χ1n) is 8.71. The number of rotatable bonds is 8. The summed E-state index contributed by atoms with van der Waals surface area (Å²) in [4.78, 5) is 16.2. The third-order valence-electron chi connectivity index (χ3n) is 3.75. The van der Waals surface area contributed by atoms with Crippen LogP contribution in [-0.2, 0) is 4.79 Å². The fraction of sp³-hybridized carbons (Fsp3) is 0.0952. The summed E-state index contributed by atoms with van der Waals surface area (Å²) in [7, 11) is 1.53. The van der Waals surface area contributed by atoms with Gasteiger partial charge in [-0.1, -0.05) is 29.8 Å². The van der Waals surface area contributed by atoms with Gasteiger partial charge in [-0.15, -0.1) is 0 Å². The van der Waals surface area contributed by atoms with Gasteiger partial charge in [-0.3, -0.25) is 10.2 Å². The van der Waals surface area contributed by atoms with Crippen LogP contribution >= 0.6 is 11.6 Å². The summed E-state index contributed by atoms with van der Waals surface area (Å²) in [6, 6.07) is 17.8. The molecule has 148 valence electrons. The number of carbonyl (C=O) groups is 1. The van der Waals surface area contributed by atoms with E-state index in [4.69, 9.17) is 21.1 Å². The first-order chi connectivity index (χ1) is 14.2. The van der Waals surface area contributed by atoms with E-state index in [1.807, 2.05) is 18.2 Å². The Morgan fingerprint density at radius 3 is 2.72 bits per heavy atom. The second-order valence-electron chi connectivity index (χ2n) is 5.81. The van der Waals surface area contributed by atoms with E-state index in [-0.39, 0.29) is 12.5 Å². The molecule has 0 fully saturated rings. The Labute approximate surface area is 173 Å². The van der Waals surface area contributed by atoms with Crippen LogP contribution in [0.25, 0.3) is 0 Å². The smallest absolute Gasteiger partial charge is 0.262 e. The molecule has 3 rings (SSSR count). The molecule has 0 aliphatic heterocycles. The van der Waals surface area contributed by atoms with E-state index in [1.54, 1.807) is 54.9 Å². The maximum Gasteiger partial charge on any atom is 0.262 e. The van der Waals surface area contributed by atoms with Crippen LogP contribution in [-0.4, -0.2) is 30.8 Å². The molecule has 0 aliphatic rings. The molecule has 1 heterocycles. The molecule has 3 aromatic rings. The van der Waals surface area contributed by atoms with Crippen molar-refractivity contribution in [3.63, 3.8) is 0 Å². The fourth-order valence-corrected chi connectivity index (χ4v) is 2.56. The van der Waals surface area contributed by atoms with Crippen LogP contribution < -0.4 is 20.2 Å². The molecule has 0 saturated carbocycles. The number of hydrogen-bond acceptors (Lipinski definition) is 6. The predicted octanol–water partition coefficient (Wildman–Crippen LogP) is 4.21. The molecule has 8 heteroatoms. The summed E-state index contributed by atoms with van der Waals surface area (Å²) in [5.74, 6) is 1.24. The van der Waals surface area contributed by atoms with Crippen LogP contribution in [0.4, 0.5) is 11.5 Å². The van der Waals surface area contributed by atoms with Crippen LogP contribution in [0, 0.1) is 0 Å². The Kier molecular flexibility index (Phi) is 7.02. The lowest BCUT2D eigenvalue weighted by molar-refractivity contribution is -0.118. The standard InChI is InChI=1S/C21H19ClN4O3/c1-28-19-12-15(13-24-26-20-8-4-5-11-23-20)9-10-18(19)29-14-21(27)25-17-7-3-2-6-16(17)22/h2-13H,14H2,1H3,(H,23,26)(H,25,27)/b24-13-. The lowest BCUT2D eigenvalue weighted by atomic mass is 10.2. The molecule has 0 saturated heterocycles. The van der Waals surface area contributed by atoms with Gasteiger partial charge in [0.25, 0.3) is 5.91 Å². The van der Waals surface area contributed by atoms with Crippen LogP contribution in [0.3, 0.4) is 0 Å². The Morgan fingerprint density at radius 1 is 1.14 bits per heavy atom. The summed E-state index contributed by atoms with van der Waals surface area (Å²) >= 11 is 6.03. The molecule has 29 heavy (non-hydrogen) atoms. The Balaban J connectivity index is 1.58. The molecule has 0 atom stereocenters.